The van der Waals surface area contributed by atoms with Gasteiger partial charge in [0.15, 0.2) is 0 Å². The van der Waals surface area contributed by atoms with E-state index in [0.717, 1.165) is 22.4 Å². The number of rotatable bonds is 7. The van der Waals surface area contributed by atoms with Crippen molar-refractivity contribution in [2.24, 2.45) is 0 Å². The second-order valence-electron chi connectivity index (χ2n) is 7.33. The number of carbonyl (C=O) groups is 2. The smallest absolute Gasteiger partial charge is 0.254 e. The first-order valence-corrected chi connectivity index (χ1v) is 9.82. The number of aryl methyl sites for hydroxylation is 2. The van der Waals surface area contributed by atoms with Gasteiger partial charge in [-0.2, -0.15) is 0 Å². The van der Waals surface area contributed by atoms with Crippen LogP contribution in [0.2, 0.25) is 0 Å². The summed E-state index contributed by atoms with van der Waals surface area (Å²) < 4.78 is 5.75. The third-order valence-corrected chi connectivity index (χ3v) is 4.74. The van der Waals surface area contributed by atoms with Gasteiger partial charge in [0.05, 0.1) is 6.54 Å². The molecule has 3 rings (SSSR count). The molecule has 0 aliphatic carbocycles. The highest BCUT2D eigenvalue weighted by molar-refractivity contribution is 5.99. The van der Waals surface area contributed by atoms with E-state index in [0.29, 0.717) is 17.9 Å². The highest BCUT2D eigenvalue weighted by Crippen LogP contribution is 2.17. The zero-order chi connectivity index (χ0) is 21.5. The van der Waals surface area contributed by atoms with Gasteiger partial charge in [-0.1, -0.05) is 42.5 Å². The van der Waals surface area contributed by atoms with Crippen molar-refractivity contribution in [1.82, 2.24) is 4.90 Å². The van der Waals surface area contributed by atoms with Crippen molar-refractivity contribution < 1.29 is 14.3 Å². The van der Waals surface area contributed by atoms with Crippen molar-refractivity contribution >= 4 is 17.5 Å². The standard InChI is InChI=1S/C25H26N2O3/c1-18-9-10-19(2)23(15-18)26-24(28)16-27(3)25(29)21-11-13-22(14-12-21)30-17-20-7-5-4-6-8-20/h4-15H,16-17H2,1-3H3,(H,26,28). The molecule has 2 amide bonds. The zero-order valence-corrected chi connectivity index (χ0v) is 17.5. The first kappa shape index (κ1) is 21.1. The van der Waals surface area contributed by atoms with Crippen LogP contribution in [-0.2, 0) is 11.4 Å². The van der Waals surface area contributed by atoms with Gasteiger partial charge in [-0.15, -0.1) is 0 Å². The lowest BCUT2D eigenvalue weighted by Gasteiger charge is -2.18. The molecule has 0 unspecified atom stereocenters. The quantitative estimate of drug-likeness (QED) is 0.629. The summed E-state index contributed by atoms with van der Waals surface area (Å²) in [4.78, 5) is 26.4. The van der Waals surface area contributed by atoms with Crippen molar-refractivity contribution in [1.29, 1.82) is 0 Å². The lowest BCUT2D eigenvalue weighted by Crippen LogP contribution is -2.35. The third-order valence-electron chi connectivity index (χ3n) is 4.74. The highest BCUT2D eigenvalue weighted by Gasteiger charge is 2.15. The molecule has 0 atom stereocenters. The first-order chi connectivity index (χ1) is 14.4. The summed E-state index contributed by atoms with van der Waals surface area (Å²) in [5, 5.41) is 2.88. The second kappa shape index (κ2) is 9.74. The summed E-state index contributed by atoms with van der Waals surface area (Å²) in [6.45, 7) is 4.34. The molecule has 5 heteroatoms. The molecule has 0 heterocycles. The van der Waals surface area contributed by atoms with Crippen molar-refractivity contribution in [2.45, 2.75) is 20.5 Å². The zero-order valence-electron chi connectivity index (χ0n) is 17.5. The van der Waals surface area contributed by atoms with Crippen LogP contribution in [-0.4, -0.2) is 30.3 Å². The van der Waals surface area contributed by atoms with Crippen LogP contribution in [0.5, 0.6) is 5.75 Å². The number of amides is 2. The Bertz CT molecular complexity index is 1010. The normalized spacial score (nSPS) is 10.4. The number of benzene rings is 3. The molecule has 154 valence electrons. The molecule has 0 saturated carbocycles. The molecule has 3 aromatic carbocycles. The predicted octanol–water partition coefficient (Wildman–Crippen LogP) is 4.59. The Hall–Kier alpha value is -3.60. The van der Waals surface area contributed by atoms with Gasteiger partial charge in [0.2, 0.25) is 5.91 Å². The van der Waals surface area contributed by atoms with Crippen molar-refractivity contribution in [2.75, 3.05) is 18.9 Å². The van der Waals surface area contributed by atoms with E-state index >= 15 is 0 Å². The average Bonchev–Trinajstić information content (AvgIpc) is 2.75. The fourth-order valence-corrected chi connectivity index (χ4v) is 3.00. The van der Waals surface area contributed by atoms with Crippen molar-refractivity contribution in [3.63, 3.8) is 0 Å². The molecule has 0 aromatic heterocycles. The van der Waals surface area contributed by atoms with Gasteiger partial charge in [0.1, 0.15) is 12.4 Å². The number of likely N-dealkylation sites (N-methyl/N-ethyl adjacent to an activating group) is 1. The average molecular weight is 402 g/mol. The second-order valence-corrected chi connectivity index (χ2v) is 7.33. The molecule has 0 saturated heterocycles. The van der Waals surface area contributed by atoms with Crippen LogP contribution >= 0.6 is 0 Å². The summed E-state index contributed by atoms with van der Waals surface area (Å²) in [7, 11) is 1.62. The maximum absolute atomic E-state index is 12.6. The molecular formula is C25H26N2O3. The van der Waals surface area contributed by atoms with E-state index < -0.39 is 0 Å². The SMILES string of the molecule is Cc1ccc(C)c(NC(=O)CN(C)C(=O)c2ccc(OCc3ccccc3)cc2)c1. The van der Waals surface area contributed by atoms with Crippen LogP contribution in [0.1, 0.15) is 27.0 Å². The third kappa shape index (κ3) is 5.70. The Morgan fingerprint density at radius 1 is 0.933 bits per heavy atom. The molecule has 5 nitrogen and oxygen atoms in total. The van der Waals surface area contributed by atoms with Gasteiger partial charge in [0.25, 0.3) is 5.91 Å². The maximum atomic E-state index is 12.6. The van der Waals surface area contributed by atoms with Gasteiger partial charge in [-0.25, -0.2) is 0 Å². The minimum Gasteiger partial charge on any atom is -0.489 e. The van der Waals surface area contributed by atoms with Gasteiger partial charge in [-0.05, 0) is 60.9 Å². The molecule has 0 aliphatic rings. The van der Waals surface area contributed by atoms with E-state index in [9.17, 15) is 9.59 Å². The van der Waals surface area contributed by atoms with Crippen molar-refractivity contribution in [3.05, 3.63) is 95.1 Å². The summed E-state index contributed by atoms with van der Waals surface area (Å²) in [6, 6.07) is 22.7. The number of hydrogen-bond acceptors (Lipinski definition) is 3. The van der Waals surface area contributed by atoms with E-state index in [-0.39, 0.29) is 18.4 Å². The Balaban J connectivity index is 1.54. The lowest BCUT2D eigenvalue weighted by atomic mass is 10.1. The van der Waals surface area contributed by atoms with Crippen LogP contribution in [0.4, 0.5) is 5.69 Å². The molecule has 0 bridgehead atoms. The number of carbonyl (C=O) groups excluding carboxylic acids is 2. The Morgan fingerprint density at radius 2 is 1.63 bits per heavy atom. The van der Waals surface area contributed by atoms with Gasteiger partial charge in [0, 0.05) is 18.3 Å². The molecule has 1 N–H and O–H groups in total. The maximum Gasteiger partial charge on any atom is 0.254 e. The summed E-state index contributed by atoms with van der Waals surface area (Å²) in [6.07, 6.45) is 0. The largest absolute Gasteiger partial charge is 0.489 e. The van der Waals surface area contributed by atoms with E-state index in [4.69, 9.17) is 4.74 Å². The number of anilines is 1. The topological polar surface area (TPSA) is 58.6 Å². The molecule has 0 spiro atoms. The van der Waals surface area contributed by atoms with Gasteiger partial charge >= 0.3 is 0 Å². The first-order valence-electron chi connectivity index (χ1n) is 9.82. The molecule has 0 fully saturated rings. The van der Waals surface area contributed by atoms with Crippen LogP contribution in [0.25, 0.3) is 0 Å². The van der Waals surface area contributed by atoms with E-state index in [1.54, 1.807) is 31.3 Å². The molecule has 0 aliphatic heterocycles. The van der Waals surface area contributed by atoms with Crippen LogP contribution in [0, 0.1) is 13.8 Å². The number of nitrogens with zero attached hydrogens (tertiary/aromatic N) is 1. The number of ether oxygens (including phenoxy) is 1. The Labute approximate surface area is 177 Å². The monoisotopic (exact) mass is 402 g/mol. The fraction of sp³-hybridized carbons (Fsp3) is 0.200. The van der Waals surface area contributed by atoms with E-state index in [2.05, 4.69) is 5.32 Å². The minimum atomic E-state index is -0.234. The van der Waals surface area contributed by atoms with Gasteiger partial charge < -0.3 is 15.0 Å². The molecule has 30 heavy (non-hydrogen) atoms. The van der Waals surface area contributed by atoms with Crippen LogP contribution < -0.4 is 10.1 Å². The Morgan fingerprint density at radius 3 is 2.33 bits per heavy atom. The van der Waals surface area contributed by atoms with Crippen molar-refractivity contribution in [3.8, 4) is 5.75 Å². The lowest BCUT2D eigenvalue weighted by molar-refractivity contribution is -0.116. The van der Waals surface area contributed by atoms with Crippen LogP contribution in [0.3, 0.4) is 0 Å². The van der Waals surface area contributed by atoms with E-state index in [1.165, 1.54) is 4.90 Å². The molecule has 3 aromatic rings. The summed E-state index contributed by atoms with van der Waals surface area (Å²) in [5.41, 5.74) is 4.39. The Kier molecular flexibility index (Phi) is 6.86. The van der Waals surface area contributed by atoms with Gasteiger partial charge in [-0.3, -0.25) is 9.59 Å². The molecular weight excluding hydrogens is 376 g/mol. The summed E-state index contributed by atoms with van der Waals surface area (Å²) >= 11 is 0. The summed E-state index contributed by atoms with van der Waals surface area (Å²) in [5.74, 6) is 0.230. The predicted molar refractivity (Wildman–Crippen MR) is 119 cm³/mol. The van der Waals surface area contributed by atoms with E-state index in [1.807, 2.05) is 62.4 Å². The number of hydrogen-bond donors (Lipinski definition) is 1. The van der Waals surface area contributed by atoms with Crippen LogP contribution in [0.15, 0.2) is 72.8 Å². The highest BCUT2D eigenvalue weighted by atomic mass is 16.5. The minimum absolute atomic E-state index is 0.0293. The fourth-order valence-electron chi connectivity index (χ4n) is 3.00. The number of nitrogens with one attached hydrogen (secondary N) is 1. The molecule has 0 radical (unpaired) electrons.